The Morgan fingerprint density at radius 2 is 1.60 bits per heavy atom. The quantitative estimate of drug-likeness (QED) is 0.380. The third-order valence-corrected chi connectivity index (χ3v) is 2.65. The molecule has 0 heterocycles. The van der Waals surface area contributed by atoms with Gasteiger partial charge in [0.05, 0.1) is 0 Å². The number of carbonyl (C=O) groups excluding carboxylic acids is 2. The maximum Gasteiger partial charge on any atom is 0.302 e. The van der Waals surface area contributed by atoms with E-state index in [0.29, 0.717) is 13.0 Å². The Morgan fingerprint density at radius 1 is 0.950 bits per heavy atom. The van der Waals surface area contributed by atoms with E-state index in [2.05, 4.69) is 6.08 Å². The van der Waals surface area contributed by atoms with Crippen molar-refractivity contribution in [3.05, 3.63) is 34.9 Å². The highest BCUT2D eigenvalue weighted by Crippen LogP contribution is 2.09. The van der Waals surface area contributed by atoms with Crippen LogP contribution >= 0.6 is 0 Å². The predicted octanol–water partition coefficient (Wildman–Crippen LogP) is 4.15. The van der Waals surface area contributed by atoms with Crippen LogP contribution in [0, 0.1) is 0 Å². The summed E-state index contributed by atoms with van der Waals surface area (Å²) < 4.78 is 4.85. The van der Waals surface area contributed by atoms with E-state index >= 15 is 0 Å². The number of carbonyl (C=O) groups is 2. The average Bonchev–Trinajstić information content (AvgIpc) is 2.26. The van der Waals surface area contributed by atoms with E-state index in [4.69, 9.17) is 4.74 Å². The maximum atomic E-state index is 11.6. The largest absolute Gasteiger partial charge is 0.462 e. The minimum absolute atomic E-state index is 0.154. The minimum atomic E-state index is -0.262. The fourth-order valence-electron chi connectivity index (χ4n) is 1.67. The van der Waals surface area contributed by atoms with Crippen molar-refractivity contribution < 1.29 is 14.3 Å². The number of esters is 1. The van der Waals surface area contributed by atoms with Crippen LogP contribution in [0.2, 0.25) is 0 Å². The van der Waals surface area contributed by atoms with Crippen molar-refractivity contribution in [2.45, 2.75) is 53.9 Å². The second-order valence-corrected chi connectivity index (χ2v) is 5.31. The van der Waals surface area contributed by atoms with Gasteiger partial charge in [0.1, 0.15) is 6.61 Å². The van der Waals surface area contributed by atoms with Crippen LogP contribution in [0.15, 0.2) is 34.9 Å². The second kappa shape index (κ2) is 10.2. The third kappa shape index (κ3) is 11.5. The van der Waals surface area contributed by atoms with E-state index in [0.717, 1.165) is 24.0 Å². The lowest BCUT2D eigenvalue weighted by atomic mass is 10.1. The Hall–Kier alpha value is -1.64. The maximum absolute atomic E-state index is 11.6. The lowest BCUT2D eigenvalue weighted by Gasteiger charge is -2.02. The summed E-state index contributed by atoms with van der Waals surface area (Å²) >= 11 is 0. The Morgan fingerprint density at radius 3 is 2.15 bits per heavy atom. The van der Waals surface area contributed by atoms with Gasteiger partial charge in [-0.25, -0.2) is 0 Å². The summed E-state index contributed by atoms with van der Waals surface area (Å²) in [6.07, 6.45) is 7.99. The number of allylic oxidation sites excluding steroid dienone is 5. The summed E-state index contributed by atoms with van der Waals surface area (Å²) in [6, 6.07) is 0. The van der Waals surface area contributed by atoms with Crippen molar-refractivity contribution in [3.8, 4) is 0 Å². The van der Waals surface area contributed by atoms with Crippen LogP contribution in [-0.2, 0) is 14.3 Å². The van der Waals surface area contributed by atoms with Gasteiger partial charge in [-0.3, -0.25) is 9.59 Å². The van der Waals surface area contributed by atoms with Gasteiger partial charge in [-0.15, -0.1) is 0 Å². The van der Waals surface area contributed by atoms with Gasteiger partial charge in [-0.1, -0.05) is 22.8 Å². The van der Waals surface area contributed by atoms with E-state index < -0.39 is 0 Å². The van der Waals surface area contributed by atoms with E-state index in [1.165, 1.54) is 12.5 Å². The normalized spacial score (nSPS) is 12.1. The van der Waals surface area contributed by atoms with Crippen LogP contribution in [0.4, 0.5) is 0 Å². The molecule has 0 saturated heterocycles. The number of hydrogen-bond acceptors (Lipinski definition) is 3. The molecule has 3 nitrogen and oxygen atoms in total. The number of rotatable bonds is 8. The Bertz CT molecular complexity index is 422. The van der Waals surface area contributed by atoms with Gasteiger partial charge in [0.2, 0.25) is 0 Å². The van der Waals surface area contributed by atoms with Crippen LogP contribution in [0.1, 0.15) is 53.9 Å². The lowest BCUT2D eigenvalue weighted by Crippen LogP contribution is -1.98. The highest BCUT2D eigenvalue weighted by atomic mass is 16.5. The molecule has 0 N–H and O–H groups in total. The first-order valence-corrected chi connectivity index (χ1v) is 6.93. The molecule has 0 spiro atoms. The number of ketones is 1. The zero-order valence-electron chi connectivity index (χ0n) is 13.3. The molecule has 0 saturated carbocycles. The molecule has 0 atom stereocenters. The van der Waals surface area contributed by atoms with Crippen LogP contribution in [0.3, 0.4) is 0 Å². The molecule has 112 valence electrons. The fourth-order valence-corrected chi connectivity index (χ4v) is 1.67. The smallest absolute Gasteiger partial charge is 0.302 e. The molecule has 0 bridgehead atoms. The average molecular weight is 278 g/mol. The molecule has 0 amide bonds. The van der Waals surface area contributed by atoms with Gasteiger partial charge in [0.15, 0.2) is 5.78 Å². The lowest BCUT2D eigenvalue weighted by molar-refractivity contribution is -0.139. The van der Waals surface area contributed by atoms with Crippen LogP contribution < -0.4 is 0 Å². The van der Waals surface area contributed by atoms with Gasteiger partial charge < -0.3 is 4.74 Å². The van der Waals surface area contributed by atoms with Crippen molar-refractivity contribution in [1.29, 1.82) is 0 Å². The molecule has 0 rings (SSSR count). The molecule has 0 radical (unpaired) electrons. The number of hydrogen-bond donors (Lipinski definition) is 0. The topological polar surface area (TPSA) is 43.4 Å². The molecule has 3 heteroatoms. The molecular weight excluding hydrogens is 252 g/mol. The summed E-state index contributed by atoms with van der Waals surface area (Å²) in [5, 5.41) is 0. The minimum Gasteiger partial charge on any atom is -0.462 e. The standard InChI is InChI=1S/C17H26O3/c1-13(2)11-17(19)12-15(4)8-6-7-14(3)9-10-20-16(5)18/h8-9,11H,6-7,10,12H2,1-5H3. The van der Waals surface area contributed by atoms with Crippen molar-refractivity contribution in [1.82, 2.24) is 0 Å². The highest BCUT2D eigenvalue weighted by molar-refractivity contribution is 5.91. The SMILES string of the molecule is CC(=O)OCC=C(C)CCC=C(C)CC(=O)C=C(C)C. The fraction of sp³-hybridized carbons (Fsp3) is 0.529. The van der Waals surface area contributed by atoms with Crippen LogP contribution in [0.25, 0.3) is 0 Å². The molecule has 0 aromatic rings. The number of ether oxygens (including phenoxy) is 1. The summed E-state index contributed by atoms with van der Waals surface area (Å²) in [5.74, 6) is -0.108. The van der Waals surface area contributed by atoms with Gasteiger partial charge in [-0.05, 0) is 52.7 Å². The molecule has 0 aliphatic heterocycles. The van der Waals surface area contributed by atoms with E-state index in [1.54, 1.807) is 6.08 Å². The van der Waals surface area contributed by atoms with Gasteiger partial charge >= 0.3 is 5.97 Å². The molecule has 0 unspecified atom stereocenters. The summed E-state index contributed by atoms with van der Waals surface area (Å²) in [4.78, 5) is 22.2. The zero-order chi connectivity index (χ0) is 15.5. The Balaban J connectivity index is 4.07. The summed E-state index contributed by atoms with van der Waals surface area (Å²) in [5.41, 5.74) is 3.32. The van der Waals surface area contributed by atoms with Crippen molar-refractivity contribution in [2.24, 2.45) is 0 Å². The molecule has 0 aromatic carbocycles. The third-order valence-electron chi connectivity index (χ3n) is 2.65. The Kier molecular flexibility index (Phi) is 9.35. The predicted molar refractivity (Wildman–Crippen MR) is 82.4 cm³/mol. The Labute approximate surface area is 122 Å². The van der Waals surface area contributed by atoms with Crippen molar-refractivity contribution in [2.75, 3.05) is 6.61 Å². The zero-order valence-corrected chi connectivity index (χ0v) is 13.3. The molecule has 20 heavy (non-hydrogen) atoms. The summed E-state index contributed by atoms with van der Waals surface area (Å²) in [7, 11) is 0. The monoisotopic (exact) mass is 278 g/mol. The van der Waals surface area contributed by atoms with Gasteiger partial charge in [0, 0.05) is 13.3 Å². The van der Waals surface area contributed by atoms with Crippen molar-refractivity contribution in [3.63, 3.8) is 0 Å². The summed E-state index contributed by atoms with van der Waals surface area (Å²) in [6.45, 7) is 9.58. The van der Waals surface area contributed by atoms with Gasteiger partial charge in [-0.2, -0.15) is 0 Å². The molecule has 0 fully saturated rings. The first kappa shape index (κ1) is 18.4. The van der Waals surface area contributed by atoms with Gasteiger partial charge in [0.25, 0.3) is 0 Å². The van der Waals surface area contributed by atoms with Crippen LogP contribution in [0.5, 0.6) is 0 Å². The molecular formula is C17H26O3. The van der Waals surface area contributed by atoms with E-state index in [-0.39, 0.29) is 11.8 Å². The van der Waals surface area contributed by atoms with Crippen LogP contribution in [-0.4, -0.2) is 18.4 Å². The van der Waals surface area contributed by atoms with E-state index in [9.17, 15) is 9.59 Å². The first-order chi connectivity index (χ1) is 9.31. The second-order valence-electron chi connectivity index (χ2n) is 5.31. The first-order valence-electron chi connectivity index (χ1n) is 6.93. The molecule has 0 aromatic heterocycles. The molecule has 0 aliphatic carbocycles. The highest BCUT2D eigenvalue weighted by Gasteiger charge is 1.99. The molecule has 0 aliphatic rings. The van der Waals surface area contributed by atoms with Crippen molar-refractivity contribution >= 4 is 11.8 Å². The van der Waals surface area contributed by atoms with E-state index in [1.807, 2.05) is 33.8 Å².